The Bertz CT molecular complexity index is 996. The van der Waals surface area contributed by atoms with Crippen LogP contribution in [-0.4, -0.2) is 17.0 Å². The third-order valence-electron chi connectivity index (χ3n) is 4.12. The number of alkyl halides is 3. The van der Waals surface area contributed by atoms with Crippen LogP contribution in [0.3, 0.4) is 0 Å². The van der Waals surface area contributed by atoms with Crippen molar-refractivity contribution < 1.29 is 26.3 Å². The first-order valence-electron chi connectivity index (χ1n) is 8.57. The first-order valence-corrected chi connectivity index (χ1v) is 11.6. The molecule has 0 radical (unpaired) electrons. The summed E-state index contributed by atoms with van der Waals surface area (Å²) in [4.78, 5) is 8.69. The molecule has 0 fully saturated rings. The minimum absolute atomic E-state index is 0.194. The zero-order chi connectivity index (χ0) is 22.1. The van der Waals surface area contributed by atoms with E-state index in [2.05, 4.69) is 9.98 Å². The third-order valence-corrected chi connectivity index (χ3v) is 4.12. The standard InChI is InChI=1S/C21H18F3N3.2ClH.Fe/c1-15-3-7-17(8-4-15)25-13-19-11-12-20(27(19)2)14-26-18-9-5-16(6-10-18)21(22,23)24;;;/h3-14H,1-2H3;2*1H;/q;;;+2/p-2. The third kappa shape index (κ3) is 7.33. The van der Waals surface area contributed by atoms with Gasteiger partial charge in [-0.05, 0) is 55.5 Å². The van der Waals surface area contributed by atoms with Gasteiger partial charge in [0, 0.05) is 7.05 Å². The van der Waals surface area contributed by atoms with E-state index in [0.717, 1.165) is 29.2 Å². The van der Waals surface area contributed by atoms with Crippen LogP contribution in [0.2, 0.25) is 0 Å². The van der Waals surface area contributed by atoms with Crippen LogP contribution in [0.1, 0.15) is 22.5 Å². The van der Waals surface area contributed by atoms with E-state index in [-0.39, 0.29) is 13.1 Å². The summed E-state index contributed by atoms with van der Waals surface area (Å²) in [5.41, 5.74) is 3.52. The van der Waals surface area contributed by atoms with Gasteiger partial charge in [0.05, 0.1) is 40.8 Å². The monoisotopic (exact) mass is 495 g/mol. The summed E-state index contributed by atoms with van der Waals surface area (Å²) in [5, 5.41) is 0. The van der Waals surface area contributed by atoms with E-state index in [1.165, 1.54) is 17.7 Å². The van der Waals surface area contributed by atoms with Crippen LogP contribution in [0, 0.1) is 6.92 Å². The maximum atomic E-state index is 12.6. The molecule has 9 heteroatoms. The molecule has 3 aromatic rings. The Kier molecular flexibility index (Phi) is 9.18. The van der Waals surface area contributed by atoms with Gasteiger partial charge in [-0.25, -0.2) is 0 Å². The predicted octanol–water partition coefficient (Wildman–Crippen LogP) is 7.23. The van der Waals surface area contributed by atoms with E-state index in [1.807, 2.05) is 54.9 Å². The fourth-order valence-corrected chi connectivity index (χ4v) is 2.45. The van der Waals surface area contributed by atoms with Crippen molar-refractivity contribution in [2.45, 2.75) is 13.1 Å². The molecule has 30 heavy (non-hydrogen) atoms. The van der Waals surface area contributed by atoms with E-state index < -0.39 is 11.7 Å². The molecule has 0 spiro atoms. The van der Waals surface area contributed by atoms with Crippen LogP contribution in [0.15, 0.2) is 70.6 Å². The SMILES string of the molecule is Cc1ccc(N=Cc2ccc(C=Nc3ccc(C(F)(F)F)cc3)n2C)cc1.[Cl][Fe][Cl]. The second-order valence-corrected chi connectivity index (χ2v) is 8.01. The van der Waals surface area contributed by atoms with E-state index in [4.69, 9.17) is 20.2 Å². The molecule has 2 aromatic carbocycles. The van der Waals surface area contributed by atoms with Crippen molar-refractivity contribution in [3.05, 3.63) is 83.2 Å². The fraction of sp³-hybridized carbons (Fsp3) is 0.143. The molecule has 0 bridgehead atoms. The summed E-state index contributed by atoms with van der Waals surface area (Å²) >= 11 is 0.194. The Hall–Kier alpha value is -2.05. The van der Waals surface area contributed by atoms with Crippen LogP contribution in [0.4, 0.5) is 24.5 Å². The van der Waals surface area contributed by atoms with Gasteiger partial charge in [0.25, 0.3) is 0 Å². The van der Waals surface area contributed by atoms with Crippen LogP contribution in [0.25, 0.3) is 0 Å². The topological polar surface area (TPSA) is 29.6 Å². The number of benzene rings is 2. The number of rotatable bonds is 4. The van der Waals surface area contributed by atoms with Crippen molar-refractivity contribution in [3.63, 3.8) is 0 Å². The predicted molar refractivity (Wildman–Crippen MR) is 114 cm³/mol. The molecule has 1 aromatic heterocycles. The molecule has 3 rings (SSSR count). The first kappa shape index (κ1) is 24.2. The average molecular weight is 496 g/mol. The molecule has 0 aliphatic rings. The van der Waals surface area contributed by atoms with Crippen molar-refractivity contribution in [1.82, 2.24) is 4.57 Å². The van der Waals surface area contributed by atoms with Crippen molar-refractivity contribution in [2.75, 3.05) is 0 Å². The van der Waals surface area contributed by atoms with Gasteiger partial charge in [-0.15, -0.1) is 0 Å². The molecular weight excluding hydrogens is 478 g/mol. The molecule has 0 unspecified atom stereocenters. The number of hydrogen-bond donors (Lipinski definition) is 0. The van der Waals surface area contributed by atoms with Crippen molar-refractivity contribution in [3.8, 4) is 0 Å². The molecule has 0 amide bonds. The van der Waals surface area contributed by atoms with Gasteiger partial charge in [0.15, 0.2) is 0 Å². The van der Waals surface area contributed by atoms with E-state index in [9.17, 15) is 13.2 Å². The van der Waals surface area contributed by atoms with Gasteiger partial charge in [0.2, 0.25) is 0 Å². The second kappa shape index (κ2) is 11.4. The molecule has 160 valence electrons. The molecule has 0 N–H and O–H groups in total. The van der Waals surface area contributed by atoms with Crippen LogP contribution < -0.4 is 0 Å². The van der Waals surface area contributed by atoms with Crippen molar-refractivity contribution >= 4 is 44.0 Å². The number of aliphatic imine (C=N–C) groups is 2. The molecule has 0 atom stereocenters. The molecule has 0 aliphatic heterocycles. The quantitative estimate of drug-likeness (QED) is 0.270. The van der Waals surface area contributed by atoms with Crippen LogP contribution >= 0.6 is 20.2 Å². The summed E-state index contributed by atoms with van der Waals surface area (Å²) < 4.78 is 39.7. The van der Waals surface area contributed by atoms with Crippen molar-refractivity contribution in [1.29, 1.82) is 0 Å². The van der Waals surface area contributed by atoms with Crippen molar-refractivity contribution in [2.24, 2.45) is 17.0 Å². The maximum absolute atomic E-state index is 12.6. The first-order chi connectivity index (χ1) is 14.2. The number of aryl methyl sites for hydroxylation is 1. The number of halogens is 5. The van der Waals surface area contributed by atoms with Gasteiger partial charge < -0.3 is 4.57 Å². The number of aromatic nitrogens is 1. The van der Waals surface area contributed by atoms with Crippen LogP contribution in [0.5, 0.6) is 0 Å². The second-order valence-electron chi connectivity index (χ2n) is 6.19. The van der Waals surface area contributed by atoms with Gasteiger partial charge in [0.1, 0.15) is 0 Å². The molecule has 0 saturated heterocycles. The van der Waals surface area contributed by atoms with E-state index >= 15 is 0 Å². The van der Waals surface area contributed by atoms with Gasteiger partial charge in [-0.3, -0.25) is 9.98 Å². The molecule has 1 heterocycles. The summed E-state index contributed by atoms with van der Waals surface area (Å²) in [6.07, 6.45) is -0.960. The van der Waals surface area contributed by atoms with Gasteiger partial charge in [-0.2, -0.15) is 13.2 Å². The van der Waals surface area contributed by atoms with Gasteiger partial charge in [-0.1, -0.05) is 17.7 Å². The number of nitrogens with zero attached hydrogens (tertiary/aromatic N) is 3. The van der Waals surface area contributed by atoms with Crippen LogP contribution in [-0.2, 0) is 26.4 Å². The van der Waals surface area contributed by atoms with E-state index in [0.29, 0.717) is 5.69 Å². The molecule has 0 aliphatic carbocycles. The normalized spacial score (nSPS) is 11.8. The Morgan fingerprint density at radius 3 is 1.60 bits per heavy atom. The summed E-state index contributed by atoms with van der Waals surface area (Å²) in [5.74, 6) is 0. The molecule has 0 saturated carbocycles. The summed E-state index contributed by atoms with van der Waals surface area (Å²) in [7, 11) is 11.4. The average Bonchev–Trinajstić information content (AvgIpc) is 3.06. The zero-order valence-corrected chi connectivity index (χ0v) is 18.6. The molecular formula is C21H18Cl2F3FeN3. The fourth-order valence-electron chi connectivity index (χ4n) is 2.45. The zero-order valence-electron chi connectivity index (χ0n) is 16.0. The Morgan fingerprint density at radius 2 is 1.20 bits per heavy atom. The minimum atomic E-state index is -4.34. The van der Waals surface area contributed by atoms with E-state index in [1.54, 1.807) is 12.4 Å². The number of hydrogen-bond acceptors (Lipinski definition) is 2. The Balaban J connectivity index is 0.00000101. The Labute approximate surface area is 187 Å². The Morgan fingerprint density at radius 1 is 0.800 bits per heavy atom. The molecule has 3 nitrogen and oxygen atoms in total. The summed E-state index contributed by atoms with van der Waals surface area (Å²) in [6, 6.07) is 16.4. The summed E-state index contributed by atoms with van der Waals surface area (Å²) in [6.45, 7) is 2.02. The van der Waals surface area contributed by atoms with Gasteiger partial charge >= 0.3 is 39.5 Å².